The number of rotatable bonds is 6. The normalized spacial score (nSPS) is 17.0. The van der Waals surface area contributed by atoms with Crippen LogP contribution in [0.2, 0.25) is 0 Å². The van der Waals surface area contributed by atoms with E-state index in [4.69, 9.17) is 9.47 Å². The molecule has 1 N–H and O–H groups in total. The number of nitrogens with zero attached hydrogens (tertiary/aromatic N) is 2. The fraction of sp³-hybridized carbons (Fsp3) is 0.400. The topological polar surface area (TPSA) is 63.7 Å². The Labute approximate surface area is 154 Å². The van der Waals surface area contributed by atoms with Crippen LogP contribution in [-0.2, 0) is 6.61 Å². The zero-order valence-corrected chi connectivity index (χ0v) is 15.3. The van der Waals surface area contributed by atoms with E-state index in [0.717, 1.165) is 12.1 Å². The van der Waals surface area contributed by atoms with E-state index in [2.05, 4.69) is 17.2 Å². The molecule has 0 radical (unpaired) electrons. The van der Waals surface area contributed by atoms with Gasteiger partial charge in [0.2, 0.25) is 0 Å². The summed E-state index contributed by atoms with van der Waals surface area (Å²) in [6.07, 6.45) is 3.47. The van der Waals surface area contributed by atoms with Crippen molar-refractivity contribution in [3.05, 3.63) is 53.9 Å². The van der Waals surface area contributed by atoms with Crippen LogP contribution in [0.1, 0.15) is 29.8 Å². The van der Waals surface area contributed by atoms with Crippen molar-refractivity contribution in [2.75, 3.05) is 26.2 Å². The second kappa shape index (κ2) is 8.67. The predicted molar refractivity (Wildman–Crippen MR) is 99.5 cm³/mol. The zero-order chi connectivity index (χ0) is 18.4. The summed E-state index contributed by atoms with van der Waals surface area (Å²) in [7, 11) is 0. The number of piperazine rings is 1. The highest BCUT2D eigenvalue weighted by molar-refractivity contribution is 5.95. The Bertz CT molecular complexity index is 736. The van der Waals surface area contributed by atoms with Crippen molar-refractivity contribution < 1.29 is 14.3 Å². The molecule has 0 saturated carbocycles. The van der Waals surface area contributed by atoms with E-state index in [1.165, 1.54) is 0 Å². The van der Waals surface area contributed by atoms with Crippen molar-refractivity contribution in [2.24, 2.45) is 0 Å². The quantitative estimate of drug-likeness (QED) is 0.863. The molecule has 1 aliphatic rings. The summed E-state index contributed by atoms with van der Waals surface area (Å²) in [6, 6.07) is 9.51. The van der Waals surface area contributed by atoms with Crippen LogP contribution in [0.3, 0.4) is 0 Å². The van der Waals surface area contributed by atoms with Gasteiger partial charge in [0, 0.05) is 43.6 Å². The number of hydrogen-bond acceptors (Lipinski definition) is 5. The van der Waals surface area contributed by atoms with Crippen LogP contribution in [0, 0.1) is 0 Å². The van der Waals surface area contributed by atoms with E-state index in [0.29, 0.717) is 49.4 Å². The lowest BCUT2D eigenvalue weighted by Crippen LogP contribution is -2.51. The molecule has 1 atom stereocenters. The molecule has 6 heteroatoms. The predicted octanol–water partition coefficient (Wildman–Crippen LogP) is 2.49. The van der Waals surface area contributed by atoms with Gasteiger partial charge in [0.05, 0.1) is 6.61 Å². The minimum atomic E-state index is 0.0278. The van der Waals surface area contributed by atoms with Crippen LogP contribution in [0.5, 0.6) is 11.5 Å². The zero-order valence-electron chi connectivity index (χ0n) is 15.3. The van der Waals surface area contributed by atoms with Crippen LogP contribution < -0.4 is 14.8 Å². The number of benzene rings is 1. The first-order valence-corrected chi connectivity index (χ1v) is 8.98. The van der Waals surface area contributed by atoms with Crippen molar-refractivity contribution in [2.45, 2.75) is 26.5 Å². The molecule has 6 nitrogen and oxygen atoms in total. The largest absolute Gasteiger partial charge is 0.490 e. The van der Waals surface area contributed by atoms with Crippen molar-refractivity contribution in [3.63, 3.8) is 0 Å². The maximum Gasteiger partial charge on any atom is 0.254 e. The van der Waals surface area contributed by atoms with Gasteiger partial charge < -0.3 is 19.7 Å². The van der Waals surface area contributed by atoms with Crippen molar-refractivity contribution in [1.29, 1.82) is 0 Å². The molecule has 1 fully saturated rings. The van der Waals surface area contributed by atoms with E-state index >= 15 is 0 Å². The van der Waals surface area contributed by atoms with Gasteiger partial charge in [-0.05, 0) is 49.7 Å². The molecule has 2 aromatic rings. The van der Waals surface area contributed by atoms with Gasteiger partial charge in [-0.3, -0.25) is 9.78 Å². The van der Waals surface area contributed by atoms with E-state index in [9.17, 15) is 4.79 Å². The summed E-state index contributed by atoms with van der Waals surface area (Å²) in [5, 5.41) is 3.35. The summed E-state index contributed by atoms with van der Waals surface area (Å²) in [5.41, 5.74) is 1.65. The Morgan fingerprint density at radius 1 is 1.23 bits per heavy atom. The molecule has 138 valence electrons. The monoisotopic (exact) mass is 355 g/mol. The summed E-state index contributed by atoms with van der Waals surface area (Å²) < 4.78 is 11.6. The molecule has 1 aromatic heterocycles. The van der Waals surface area contributed by atoms with Crippen LogP contribution in [0.15, 0.2) is 42.7 Å². The lowest BCUT2D eigenvalue weighted by atomic mass is 10.1. The highest BCUT2D eigenvalue weighted by Gasteiger charge is 2.22. The Kier molecular flexibility index (Phi) is 6.07. The molecule has 1 aliphatic heterocycles. The molecule has 1 aromatic carbocycles. The van der Waals surface area contributed by atoms with Gasteiger partial charge in [0.25, 0.3) is 5.91 Å². The van der Waals surface area contributed by atoms with Crippen LogP contribution in [0.25, 0.3) is 0 Å². The van der Waals surface area contributed by atoms with Gasteiger partial charge in [-0.25, -0.2) is 0 Å². The first-order chi connectivity index (χ1) is 12.7. The molecule has 1 amide bonds. The van der Waals surface area contributed by atoms with Gasteiger partial charge in [0.1, 0.15) is 6.61 Å². The minimum absolute atomic E-state index is 0.0278. The molecule has 26 heavy (non-hydrogen) atoms. The lowest BCUT2D eigenvalue weighted by Gasteiger charge is -2.32. The Morgan fingerprint density at radius 3 is 2.77 bits per heavy atom. The second-order valence-electron chi connectivity index (χ2n) is 6.35. The number of carbonyl (C=O) groups is 1. The number of ether oxygens (including phenoxy) is 2. The van der Waals surface area contributed by atoms with Crippen molar-refractivity contribution in [3.8, 4) is 11.5 Å². The van der Waals surface area contributed by atoms with Crippen molar-refractivity contribution >= 4 is 5.91 Å². The second-order valence-corrected chi connectivity index (χ2v) is 6.35. The first-order valence-electron chi connectivity index (χ1n) is 8.98. The molecule has 2 heterocycles. The smallest absolute Gasteiger partial charge is 0.254 e. The number of nitrogens with one attached hydrogen (secondary N) is 1. The Morgan fingerprint density at radius 2 is 2.04 bits per heavy atom. The summed E-state index contributed by atoms with van der Waals surface area (Å²) in [4.78, 5) is 18.7. The molecule has 0 spiro atoms. The van der Waals surface area contributed by atoms with E-state index in [1.54, 1.807) is 24.5 Å². The molecular weight excluding hydrogens is 330 g/mol. The van der Waals surface area contributed by atoms with Gasteiger partial charge in [0.15, 0.2) is 11.5 Å². The highest BCUT2D eigenvalue weighted by Crippen LogP contribution is 2.30. The number of pyridine rings is 1. The standard InChI is InChI=1S/C20H25N3O3/c1-3-25-19-12-17(20(24)23-11-10-22-15(2)13-23)4-5-18(19)26-14-16-6-8-21-9-7-16/h4-9,12,15,22H,3,10-11,13-14H2,1-2H3. The maximum absolute atomic E-state index is 12.8. The first kappa shape index (κ1) is 18.2. The molecule has 3 rings (SSSR count). The van der Waals surface area contributed by atoms with Crippen LogP contribution >= 0.6 is 0 Å². The fourth-order valence-electron chi connectivity index (χ4n) is 2.97. The van der Waals surface area contributed by atoms with Gasteiger partial charge in [-0.1, -0.05) is 0 Å². The maximum atomic E-state index is 12.8. The Balaban J connectivity index is 1.74. The number of aromatic nitrogens is 1. The third-order valence-electron chi connectivity index (χ3n) is 4.29. The van der Waals surface area contributed by atoms with Gasteiger partial charge >= 0.3 is 0 Å². The van der Waals surface area contributed by atoms with Gasteiger partial charge in [-0.15, -0.1) is 0 Å². The van der Waals surface area contributed by atoms with Crippen LogP contribution in [0.4, 0.5) is 0 Å². The summed E-state index contributed by atoms with van der Waals surface area (Å²) >= 11 is 0. The number of carbonyl (C=O) groups excluding carboxylic acids is 1. The van der Waals surface area contributed by atoms with Crippen molar-refractivity contribution in [1.82, 2.24) is 15.2 Å². The average Bonchev–Trinajstić information content (AvgIpc) is 2.67. The SMILES string of the molecule is CCOc1cc(C(=O)N2CCNC(C)C2)ccc1OCc1ccncc1. The molecular formula is C20H25N3O3. The van der Waals surface area contributed by atoms with E-state index in [1.807, 2.05) is 30.0 Å². The Hall–Kier alpha value is -2.60. The number of amides is 1. The highest BCUT2D eigenvalue weighted by atomic mass is 16.5. The molecule has 0 bridgehead atoms. The van der Waals surface area contributed by atoms with Gasteiger partial charge in [-0.2, -0.15) is 0 Å². The lowest BCUT2D eigenvalue weighted by molar-refractivity contribution is 0.0708. The summed E-state index contributed by atoms with van der Waals surface area (Å²) in [6.45, 7) is 7.17. The third-order valence-corrected chi connectivity index (χ3v) is 4.29. The molecule has 0 aliphatic carbocycles. The van der Waals surface area contributed by atoms with Crippen LogP contribution in [-0.4, -0.2) is 48.1 Å². The third kappa shape index (κ3) is 4.52. The fourth-order valence-corrected chi connectivity index (χ4v) is 2.97. The number of hydrogen-bond donors (Lipinski definition) is 1. The summed E-state index contributed by atoms with van der Waals surface area (Å²) in [5.74, 6) is 1.25. The molecule has 1 saturated heterocycles. The minimum Gasteiger partial charge on any atom is -0.490 e. The molecule has 1 unspecified atom stereocenters. The average molecular weight is 355 g/mol. The van der Waals surface area contributed by atoms with E-state index in [-0.39, 0.29) is 5.91 Å². The van der Waals surface area contributed by atoms with E-state index < -0.39 is 0 Å².